The Labute approximate surface area is 123 Å². The summed E-state index contributed by atoms with van der Waals surface area (Å²) in [6.07, 6.45) is -3.36. The van der Waals surface area contributed by atoms with Gasteiger partial charge in [0.1, 0.15) is 11.4 Å². The second kappa shape index (κ2) is 6.04. The Bertz CT molecular complexity index is 665. The smallest absolute Gasteiger partial charge is 0.435 e. The number of aryl methyl sites for hydroxylation is 1. The highest BCUT2D eigenvalue weighted by Crippen LogP contribution is 2.28. The monoisotopic (exact) mass is 314 g/mol. The van der Waals surface area contributed by atoms with Crippen molar-refractivity contribution in [1.29, 1.82) is 0 Å². The van der Waals surface area contributed by atoms with Crippen LogP contribution < -0.4 is 5.32 Å². The Hall–Kier alpha value is -2.58. The molecule has 2 heterocycles. The number of pyridine rings is 1. The summed E-state index contributed by atoms with van der Waals surface area (Å²) in [5, 5.41) is 15.0. The van der Waals surface area contributed by atoms with Crippen LogP contribution in [0.2, 0.25) is 0 Å². The molecule has 1 amide bonds. The second-order valence-corrected chi connectivity index (χ2v) is 4.55. The molecule has 0 radical (unpaired) electrons. The van der Waals surface area contributed by atoms with Gasteiger partial charge in [-0.1, -0.05) is 0 Å². The number of alkyl halides is 3. The first-order valence-corrected chi connectivity index (χ1v) is 6.32. The van der Waals surface area contributed by atoms with E-state index in [4.69, 9.17) is 5.11 Å². The maximum absolute atomic E-state index is 12.5. The summed E-state index contributed by atoms with van der Waals surface area (Å²) in [6, 6.07) is 3.60. The lowest BCUT2D eigenvalue weighted by Crippen LogP contribution is -2.28. The Morgan fingerprint density at radius 1 is 1.41 bits per heavy atom. The summed E-state index contributed by atoms with van der Waals surface area (Å²) in [5.41, 5.74) is -0.508. The maximum atomic E-state index is 12.5. The standard InChI is InChI=1S/C13H13F3N4O2/c1-8-6-11(13(14,15)16)19-20(8)5-4-17-12(22)10-3-2-9(21)7-18-10/h2-3,6-7,21H,4-5H2,1H3,(H,17,22). The molecule has 9 heteroatoms. The molecule has 0 aliphatic heterocycles. The molecule has 22 heavy (non-hydrogen) atoms. The predicted molar refractivity (Wildman–Crippen MR) is 70.2 cm³/mol. The molecule has 0 aliphatic carbocycles. The lowest BCUT2D eigenvalue weighted by molar-refractivity contribution is -0.141. The van der Waals surface area contributed by atoms with Crippen LogP contribution in [0.25, 0.3) is 0 Å². The quantitative estimate of drug-likeness (QED) is 0.901. The predicted octanol–water partition coefficient (Wildman–Crippen LogP) is 1.74. The Kier molecular flexibility index (Phi) is 4.34. The summed E-state index contributed by atoms with van der Waals surface area (Å²) in [5.74, 6) is -0.552. The van der Waals surface area contributed by atoms with E-state index in [1.54, 1.807) is 0 Å². The highest BCUT2D eigenvalue weighted by atomic mass is 19.4. The molecule has 2 aromatic rings. The number of aromatic nitrogens is 3. The van der Waals surface area contributed by atoms with E-state index in [0.717, 1.165) is 12.3 Å². The lowest BCUT2D eigenvalue weighted by atomic mass is 10.3. The molecule has 2 N–H and O–H groups in total. The van der Waals surface area contributed by atoms with Gasteiger partial charge in [-0.3, -0.25) is 9.48 Å². The Morgan fingerprint density at radius 2 is 2.14 bits per heavy atom. The van der Waals surface area contributed by atoms with Crippen LogP contribution in [0.5, 0.6) is 5.75 Å². The van der Waals surface area contributed by atoms with Gasteiger partial charge in [0.2, 0.25) is 0 Å². The Balaban J connectivity index is 1.92. The first kappa shape index (κ1) is 15.8. The van der Waals surface area contributed by atoms with Gasteiger partial charge >= 0.3 is 6.18 Å². The highest BCUT2D eigenvalue weighted by molar-refractivity contribution is 5.92. The van der Waals surface area contributed by atoms with Gasteiger partial charge in [0.25, 0.3) is 5.91 Å². The summed E-state index contributed by atoms with van der Waals surface area (Å²) in [7, 11) is 0. The molecular formula is C13H13F3N4O2. The number of halogens is 3. The van der Waals surface area contributed by atoms with Crippen molar-refractivity contribution in [2.45, 2.75) is 19.6 Å². The van der Waals surface area contributed by atoms with E-state index in [1.807, 2.05) is 0 Å². The van der Waals surface area contributed by atoms with Crippen molar-refractivity contribution >= 4 is 5.91 Å². The van der Waals surface area contributed by atoms with Crippen molar-refractivity contribution in [3.05, 3.63) is 41.5 Å². The first-order chi connectivity index (χ1) is 10.3. The van der Waals surface area contributed by atoms with Crippen molar-refractivity contribution in [3.63, 3.8) is 0 Å². The largest absolute Gasteiger partial charge is 0.506 e. The van der Waals surface area contributed by atoms with Gasteiger partial charge in [0.15, 0.2) is 5.69 Å². The van der Waals surface area contributed by atoms with Crippen LogP contribution in [-0.4, -0.2) is 32.3 Å². The summed E-state index contributed by atoms with van der Waals surface area (Å²) in [4.78, 5) is 15.5. The van der Waals surface area contributed by atoms with Crippen molar-refractivity contribution in [3.8, 4) is 5.75 Å². The number of carbonyl (C=O) groups is 1. The minimum Gasteiger partial charge on any atom is -0.506 e. The molecule has 0 saturated heterocycles. The van der Waals surface area contributed by atoms with E-state index in [0.29, 0.717) is 5.69 Å². The molecule has 118 valence electrons. The van der Waals surface area contributed by atoms with E-state index in [-0.39, 0.29) is 24.5 Å². The van der Waals surface area contributed by atoms with Gasteiger partial charge in [0, 0.05) is 12.2 Å². The second-order valence-electron chi connectivity index (χ2n) is 4.55. The molecule has 0 unspecified atom stereocenters. The van der Waals surface area contributed by atoms with E-state index in [2.05, 4.69) is 15.4 Å². The van der Waals surface area contributed by atoms with Crippen LogP contribution in [0.1, 0.15) is 21.9 Å². The molecule has 6 nitrogen and oxygen atoms in total. The third-order valence-corrected chi connectivity index (χ3v) is 2.86. The fourth-order valence-corrected chi connectivity index (χ4v) is 1.76. The van der Waals surface area contributed by atoms with Gasteiger partial charge in [-0.25, -0.2) is 4.98 Å². The van der Waals surface area contributed by atoms with Crippen LogP contribution in [0.15, 0.2) is 24.4 Å². The molecule has 2 rings (SSSR count). The lowest BCUT2D eigenvalue weighted by Gasteiger charge is -2.07. The molecule has 0 aliphatic rings. The van der Waals surface area contributed by atoms with Crippen molar-refractivity contribution in [1.82, 2.24) is 20.1 Å². The average Bonchev–Trinajstić information content (AvgIpc) is 2.81. The maximum Gasteiger partial charge on any atom is 0.435 e. The zero-order valence-electron chi connectivity index (χ0n) is 11.6. The number of hydrogen-bond acceptors (Lipinski definition) is 4. The molecule has 0 fully saturated rings. The third-order valence-electron chi connectivity index (χ3n) is 2.86. The molecule has 0 saturated carbocycles. The molecule has 0 atom stereocenters. The van der Waals surface area contributed by atoms with Crippen LogP contribution in [0.3, 0.4) is 0 Å². The number of nitrogens with one attached hydrogen (secondary N) is 1. The van der Waals surface area contributed by atoms with E-state index < -0.39 is 17.8 Å². The minimum absolute atomic E-state index is 0.0663. The molecule has 0 spiro atoms. The van der Waals surface area contributed by atoms with Crippen molar-refractivity contribution in [2.75, 3.05) is 6.54 Å². The van der Waals surface area contributed by atoms with Crippen LogP contribution in [-0.2, 0) is 12.7 Å². The van der Waals surface area contributed by atoms with Crippen molar-refractivity contribution < 1.29 is 23.1 Å². The minimum atomic E-state index is -4.49. The molecular weight excluding hydrogens is 301 g/mol. The molecule has 0 bridgehead atoms. The van der Waals surface area contributed by atoms with Crippen LogP contribution in [0.4, 0.5) is 13.2 Å². The third kappa shape index (κ3) is 3.74. The van der Waals surface area contributed by atoms with E-state index in [9.17, 15) is 18.0 Å². The van der Waals surface area contributed by atoms with Crippen molar-refractivity contribution in [2.24, 2.45) is 0 Å². The van der Waals surface area contributed by atoms with E-state index >= 15 is 0 Å². The topological polar surface area (TPSA) is 80.0 Å². The van der Waals surface area contributed by atoms with Gasteiger partial charge in [-0.05, 0) is 25.1 Å². The van der Waals surface area contributed by atoms with E-state index in [1.165, 1.54) is 23.7 Å². The Morgan fingerprint density at radius 3 is 2.68 bits per heavy atom. The zero-order valence-corrected chi connectivity index (χ0v) is 11.6. The first-order valence-electron chi connectivity index (χ1n) is 6.32. The zero-order chi connectivity index (χ0) is 16.3. The van der Waals surface area contributed by atoms with Gasteiger partial charge < -0.3 is 10.4 Å². The fourth-order valence-electron chi connectivity index (χ4n) is 1.76. The number of aromatic hydroxyl groups is 1. The average molecular weight is 314 g/mol. The number of hydrogen-bond donors (Lipinski definition) is 2. The van der Waals surface area contributed by atoms with Crippen LogP contribution >= 0.6 is 0 Å². The summed E-state index contributed by atoms with van der Waals surface area (Å²) >= 11 is 0. The van der Waals surface area contributed by atoms with Gasteiger partial charge in [-0.2, -0.15) is 18.3 Å². The van der Waals surface area contributed by atoms with Crippen LogP contribution in [0, 0.1) is 6.92 Å². The SMILES string of the molecule is Cc1cc(C(F)(F)F)nn1CCNC(=O)c1ccc(O)cn1. The number of amides is 1. The normalized spacial score (nSPS) is 11.5. The number of nitrogens with zero attached hydrogens (tertiary/aromatic N) is 3. The number of rotatable bonds is 4. The number of carbonyl (C=O) groups excluding carboxylic acids is 1. The fraction of sp³-hybridized carbons (Fsp3) is 0.308. The van der Waals surface area contributed by atoms with Gasteiger partial charge in [-0.15, -0.1) is 0 Å². The highest BCUT2D eigenvalue weighted by Gasteiger charge is 2.34. The molecule has 2 aromatic heterocycles. The van der Waals surface area contributed by atoms with Gasteiger partial charge in [0.05, 0.1) is 12.7 Å². The summed E-state index contributed by atoms with van der Waals surface area (Å²) in [6.45, 7) is 1.71. The summed E-state index contributed by atoms with van der Waals surface area (Å²) < 4.78 is 38.7. The molecule has 0 aromatic carbocycles.